The fraction of sp³-hybridized carbons (Fsp3) is 0.333. The summed E-state index contributed by atoms with van der Waals surface area (Å²) in [6.07, 6.45) is 4.44. The second-order valence-corrected chi connectivity index (χ2v) is 6.37. The number of anilines is 1. The van der Waals surface area contributed by atoms with Crippen LogP contribution in [0, 0.1) is 29.5 Å². The van der Waals surface area contributed by atoms with Crippen LogP contribution in [0.15, 0.2) is 34.8 Å². The number of rotatable bonds is 3. The molecule has 1 saturated carbocycles. The molecule has 1 aromatic carbocycles. The molecule has 2 unspecified atom stereocenters. The number of benzene rings is 1. The quantitative estimate of drug-likeness (QED) is 0.820. The van der Waals surface area contributed by atoms with E-state index < -0.39 is 29.5 Å². The number of hydrogen-bond acceptors (Lipinski definition) is 2. The fourth-order valence-corrected chi connectivity index (χ4v) is 3.66. The van der Waals surface area contributed by atoms with E-state index in [2.05, 4.69) is 21.2 Å². The van der Waals surface area contributed by atoms with Crippen molar-refractivity contribution in [2.24, 2.45) is 23.7 Å². The van der Waals surface area contributed by atoms with Gasteiger partial charge in [0.15, 0.2) is 0 Å². The highest BCUT2D eigenvalue weighted by atomic mass is 79.9. The molecule has 0 aliphatic heterocycles. The second-order valence-electron chi connectivity index (χ2n) is 5.45. The highest BCUT2D eigenvalue weighted by molar-refractivity contribution is 9.10. The predicted octanol–water partition coefficient (Wildman–Crippen LogP) is 3.05. The number of aliphatic carboxylic acids is 1. The van der Waals surface area contributed by atoms with Gasteiger partial charge in [0.25, 0.3) is 0 Å². The molecule has 2 bridgehead atoms. The van der Waals surface area contributed by atoms with Gasteiger partial charge in [0.05, 0.1) is 17.5 Å². The monoisotopic (exact) mass is 353 g/mol. The number of amides is 1. The van der Waals surface area contributed by atoms with E-state index in [0.29, 0.717) is 10.9 Å². The van der Waals surface area contributed by atoms with Crippen molar-refractivity contribution in [2.75, 3.05) is 5.32 Å². The van der Waals surface area contributed by atoms with Crippen LogP contribution in [0.4, 0.5) is 10.1 Å². The topological polar surface area (TPSA) is 66.4 Å². The molecular formula is C15H13BrFNO3. The highest BCUT2D eigenvalue weighted by Crippen LogP contribution is 2.48. The van der Waals surface area contributed by atoms with Gasteiger partial charge in [0, 0.05) is 4.47 Å². The molecule has 1 aromatic rings. The Morgan fingerprint density at radius 2 is 1.90 bits per heavy atom. The van der Waals surface area contributed by atoms with Crippen molar-refractivity contribution in [1.29, 1.82) is 0 Å². The number of fused-ring (bicyclic) bond motifs is 2. The van der Waals surface area contributed by atoms with Crippen molar-refractivity contribution >= 4 is 33.5 Å². The average molecular weight is 354 g/mol. The van der Waals surface area contributed by atoms with Crippen molar-refractivity contribution < 1.29 is 19.1 Å². The number of carboxylic acid groups (broad SMARTS) is 1. The predicted molar refractivity (Wildman–Crippen MR) is 78.1 cm³/mol. The molecular weight excluding hydrogens is 341 g/mol. The zero-order valence-electron chi connectivity index (χ0n) is 10.9. The van der Waals surface area contributed by atoms with E-state index in [1.165, 1.54) is 12.1 Å². The minimum atomic E-state index is -0.969. The van der Waals surface area contributed by atoms with Gasteiger partial charge >= 0.3 is 5.97 Å². The Balaban J connectivity index is 1.82. The van der Waals surface area contributed by atoms with Crippen molar-refractivity contribution in [3.05, 3.63) is 40.6 Å². The van der Waals surface area contributed by atoms with Crippen LogP contribution in [0.1, 0.15) is 6.42 Å². The minimum Gasteiger partial charge on any atom is -0.481 e. The van der Waals surface area contributed by atoms with Crippen molar-refractivity contribution in [2.45, 2.75) is 6.42 Å². The van der Waals surface area contributed by atoms with Gasteiger partial charge in [-0.3, -0.25) is 9.59 Å². The Kier molecular flexibility index (Phi) is 3.57. The van der Waals surface area contributed by atoms with Gasteiger partial charge in [-0.15, -0.1) is 0 Å². The first-order chi connectivity index (χ1) is 9.97. The SMILES string of the molecule is O=C(O)[C@@H]1C2C=CC(C2)[C@@H]1C(=O)Nc1ccc(Br)cc1F. The smallest absolute Gasteiger partial charge is 0.307 e. The largest absolute Gasteiger partial charge is 0.481 e. The molecule has 4 atom stereocenters. The van der Waals surface area contributed by atoms with Gasteiger partial charge in [-0.1, -0.05) is 28.1 Å². The Bertz CT molecular complexity index is 646. The fourth-order valence-electron chi connectivity index (χ4n) is 3.32. The number of halogens is 2. The van der Waals surface area contributed by atoms with Gasteiger partial charge in [-0.25, -0.2) is 4.39 Å². The molecule has 0 saturated heterocycles. The lowest BCUT2D eigenvalue weighted by Crippen LogP contribution is -2.36. The average Bonchev–Trinajstić information content (AvgIpc) is 3.02. The number of carbonyl (C=O) groups is 2. The molecule has 2 N–H and O–H groups in total. The van der Waals surface area contributed by atoms with Crippen LogP contribution in [-0.2, 0) is 9.59 Å². The van der Waals surface area contributed by atoms with E-state index in [0.717, 1.165) is 0 Å². The van der Waals surface area contributed by atoms with Crippen LogP contribution < -0.4 is 5.32 Å². The summed E-state index contributed by atoms with van der Waals surface area (Å²) in [6.45, 7) is 0. The molecule has 0 spiro atoms. The third kappa shape index (κ3) is 2.48. The van der Waals surface area contributed by atoms with Crippen LogP contribution in [0.3, 0.4) is 0 Å². The number of allylic oxidation sites excluding steroid dienone is 2. The Morgan fingerprint density at radius 1 is 1.24 bits per heavy atom. The molecule has 2 aliphatic rings. The van der Waals surface area contributed by atoms with Gasteiger partial charge in [0.1, 0.15) is 5.82 Å². The summed E-state index contributed by atoms with van der Waals surface area (Å²) in [7, 11) is 0. The summed E-state index contributed by atoms with van der Waals surface area (Å²) in [6, 6.07) is 4.33. The summed E-state index contributed by atoms with van der Waals surface area (Å²) in [5.41, 5.74) is 0.0686. The lowest BCUT2D eigenvalue weighted by atomic mass is 9.82. The molecule has 1 amide bonds. The van der Waals surface area contributed by atoms with Gasteiger partial charge in [-0.05, 0) is 36.5 Å². The maximum absolute atomic E-state index is 13.8. The van der Waals surface area contributed by atoms with E-state index in [4.69, 9.17) is 0 Å². The van der Waals surface area contributed by atoms with E-state index in [9.17, 15) is 19.1 Å². The summed E-state index contributed by atoms with van der Waals surface area (Å²) >= 11 is 3.14. The molecule has 3 rings (SSSR count). The van der Waals surface area contributed by atoms with Crippen LogP contribution in [0.2, 0.25) is 0 Å². The van der Waals surface area contributed by atoms with Gasteiger partial charge < -0.3 is 10.4 Å². The van der Waals surface area contributed by atoms with E-state index >= 15 is 0 Å². The molecule has 110 valence electrons. The lowest BCUT2D eigenvalue weighted by molar-refractivity contribution is -0.146. The minimum absolute atomic E-state index is 0.0686. The van der Waals surface area contributed by atoms with Crippen LogP contribution in [-0.4, -0.2) is 17.0 Å². The molecule has 0 heterocycles. The summed E-state index contributed by atoms with van der Waals surface area (Å²) in [4.78, 5) is 23.7. The zero-order valence-corrected chi connectivity index (χ0v) is 12.5. The third-order valence-electron chi connectivity index (χ3n) is 4.24. The van der Waals surface area contributed by atoms with Crippen LogP contribution in [0.25, 0.3) is 0 Å². The molecule has 21 heavy (non-hydrogen) atoms. The number of nitrogens with one attached hydrogen (secondary N) is 1. The van der Waals surface area contributed by atoms with E-state index in [1.807, 2.05) is 12.2 Å². The first-order valence-corrected chi connectivity index (χ1v) is 7.43. The standard InChI is InChI=1S/C15H13BrFNO3/c16-9-3-4-11(10(17)6-9)18-14(19)12-7-1-2-8(5-7)13(12)15(20)21/h1-4,6-8,12-13H,5H2,(H,18,19)(H,20,21)/t7?,8?,12-,13+/m0/s1. The Hall–Kier alpha value is -1.69. The summed E-state index contributed by atoms with van der Waals surface area (Å²) < 4.78 is 14.3. The Labute approximate surface area is 129 Å². The number of hydrogen-bond donors (Lipinski definition) is 2. The highest BCUT2D eigenvalue weighted by Gasteiger charge is 2.51. The van der Waals surface area contributed by atoms with Crippen molar-refractivity contribution in [1.82, 2.24) is 0 Å². The van der Waals surface area contributed by atoms with Gasteiger partial charge in [0.2, 0.25) is 5.91 Å². The van der Waals surface area contributed by atoms with E-state index in [-0.39, 0.29) is 17.5 Å². The van der Waals surface area contributed by atoms with Crippen molar-refractivity contribution in [3.8, 4) is 0 Å². The molecule has 2 aliphatic carbocycles. The maximum Gasteiger partial charge on any atom is 0.307 e. The van der Waals surface area contributed by atoms with Crippen molar-refractivity contribution in [3.63, 3.8) is 0 Å². The van der Waals surface area contributed by atoms with E-state index in [1.54, 1.807) is 6.07 Å². The number of carbonyl (C=O) groups excluding carboxylic acids is 1. The lowest BCUT2D eigenvalue weighted by Gasteiger charge is -2.23. The Morgan fingerprint density at radius 3 is 2.52 bits per heavy atom. The zero-order chi connectivity index (χ0) is 15.1. The first kappa shape index (κ1) is 14.3. The normalized spacial score (nSPS) is 29.6. The molecule has 0 aromatic heterocycles. The summed E-state index contributed by atoms with van der Waals surface area (Å²) in [5.74, 6) is -3.49. The first-order valence-electron chi connectivity index (χ1n) is 6.64. The van der Waals surface area contributed by atoms with Gasteiger partial charge in [-0.2, -0.15) is 0 Å². The maximum atomic E-state index is 13.8. The van der Waals surface area contributed by atoms with Crippen LogP contribution in [0.5, 0.6) is 0 Å². The molecule has 4 nitrogen and oxygen atoms in total. The molecule has 0 radical (unpaired) electrons. The molecule has 6 heteroatoms. The molecule has 1 fully saturated rings. The third-order valence-corrected chi connectivity index (χ3v) is 4.73. The van der Waals surface area contributed by atoms with Crippen LogP contribution >= 0.6 is 15.9 Å². The second kappa shape index (κ2) is 5.26. The number of carboxylic acids is 1. The summed E-state index contributed by atoms with van der Waals surface area (Å²) in [5, 5.41) is 11.8.